The van der Waals surface area contributed by atoms with Gasteiger partial charge in [0.1, 0.15) is 5.75 Å². The molecule has 2 aliphatic heterocycles. The van der Waals surface area contributed by atoms with E-state index in [1.165, 1.54) is 0 Å². The fourth-order valence-corrected chi connectivity index (χ4v) is 8.28. The first-order chi connectivity index (χ1) is 28.0. The third-order valence-corrected chi connectivity index (χ3v) is 10.8. The molecule has 10 rings (SSSR count). The molecule has 5 nitrogen and oxygen atoms in total. The van der Waals surface area contributed by atoms with Crippen LogP contribution in [0.2, 0.25) is 0 Å². The molecule has 8 aromatic rings. The van der Waals surface area contributed by atoms with Crippen molar-refractivity contribution in [3.8, 4) is 50.3 Å². The van der Waals surface area contributed by atoms with Gasteiger partial charge in [-0.1, -0.05) is 127 Å². The van der Waals surface area contributed by atoms with Gasteiger partial charge in [-0.05, 0) is 95.8 Å². The summed E-state index contributed by atoms with van der Waals surface area (Å²) in [4.78, 5) is 18.7. The molecule has 5 aromatic carbocycles. The van der Waals surface area contributed by atoms with Crippen LogP contribution in [-0.4, -0.2) is 25.0 Å². The van der Waals surface area contributed by atoms with Crippen molar-refractivity contribution in [3.05, 3.63) is 197 Å². The number of aromatic amines is 2. The Morgan fingerprint density at radius 3 is 1.30 bits per heavy atom. The van der Waals surface area contributed by atoms with Gasteiger partial charge < -0.3 is 15.1 Å². The van der Waals surface area contributed by atoms with Crippen LogP contribution in [0.25, 0.3) is 90.4 Å². The topological polar surface area (TPSA) is 77.6 Å². The van der Waals surface area contributed by atoms with E-state index in [1.807, 2.05) is 37.3 Å². The lowest BCUT2D eigenvalue weighted by atomic mass is 9.92. The minimum Gasteiger partial charge on any atom is -0.507 e. The van der Waals surface area contributed by atoms with Crippen molar-refractivity contribution in [1.82, 2.24) is 19.9 Å². The summed E-state index contributed by atoms with van der Waals surface area (Å²) in [5, 5.41) is 11.8. The van der Waals surface area contributed by atoms with E-state index < -0.39 is 0 Å². The van der Waals surface area contributed by atoms with Gasteiger partial charge >= 0.3 is 0 Å². The Kier molecular flexibility index (Phi) is 8.34. The van der Waals surface area contributed by atoms with E-state index in [2.05, 4.69) is 163 Å². The van der Waals surface area contributed by atoms with Crippen molar-refractivity contribution in [2.75, 3.05) is 0 Å². The summed E-state index contributed by atoms with van der Waals surface area (Å²) in [5.74, 6) is 0.245. The highest BCUT2D eigenvalue weighted by atomic mass is 16.3. The van der Waals surface area contributed by atoms with Crippen LogP contribution in [0.15, 0.2) is 158 Å². The lowest BCUT2D eigenvalue weighted by molar-refractivity contribution is 0.469. The van der Waals surface area contributed by atoms with Crippen LogP contribution in [0.3, 0.4) is 0 Å². The van der Waals surface area contributed by atoms with Gasteiger partial charge in [-0.25, -0.2) is 9.97 Å². The molecule has 3 N–H and O–H groups in total. The Morgan fingerprint density at radius 2 is 0.842 bits per heavy atom. The summed E-state index contributed by atoms with van der Waals surface area (Å²) in [6.07, 6.45) is 6.39. The monoisotopic (exact) mass is 734 g/mol. The Bertz CT molecular complexity index is 3070. The van der Waals surface area contributed by atoms with E-state index in [4.69, 9.17) is 9.97 Å². The number of H-pyrrole nitrogens is 2. The highest BCUT2D eigenvalue weighted by Gasteiger charge is 2.25. The quantitative estimate of drug-likeness (QED) is 0.165. The molecule has 0 aliphatic carbocycles. The molecule has 3 aromatic heterocycles. The second kappa shape index (κ2) is 14.0. The van der Waals surface area contributed by atoms with Gasteiger partial charge in [-0.3, -0.25) is 0 Å². The molecular formula is C52H38N4O. The number of nitrogens with zero attached hydrogens (tertiary/aromatic N) is 2. The molecule has 0 radical (unpaired) electrons. The SMILES string of the molecule is Cc1cc(C)c(O)c(C2=Cc3nc2c(-c2ccccc2)c2ccc([nH]2)c(-c2ccccc2)c2nc(c(-c4ccccc4)c4ccc([nH]4)c3-c3ccccc3)C=C2)c1. The maximum absolute atomic E-state index is 11.8. The minimum atomic E-state index is 0.245. The molecule has 8 bridgehead atoms. The predicted octanol–water partition coefficient (Wildman–Crippen LogP) is 13.1. The Labute approximate surface area is 331 Å². The minimum absolute atomic E-state index is 0.245. The zero-order valence-corrected chi connectivity index (χ0v) is 31.6. The van der Waals surface area contributed by atoms with Gasteiger partial charge in [0, 0.05) is 55.5 Å². The van der Waals surface area contributed by atoms with Crippen molar-refractivity contribution in [2.24, 2.45) is 0 Å². The summed E-state index contributed by atoms with van der Waals surface area (Å²) in [5.41, 5.74) is 18.5. The van der Waals surface area contributed by atoms with E-state index in [1.54, 1.807) is 0 Å². The number of phenolic OH excluding ortho intramolecular Hbond substituents is 1. The maximum Gasteiger partial charge on any atom is 0.126 e. The molecular weight excluding hydrogens is 697 g/mol. The van der Waals surface area contributed by atoms with E-state index in [0.717, 1.165) is 112 Å². The molecule has 0 saturated carbocycles. The highest BCUT2D eigenvalue weighted by molar-refractivity contribution is 6.06. The molecule has 0 amide bonds. The number of nitrogens with one attached hydrogen (secondary N) is 2. The summed E-state index contributed by atoms with van der Waals surface area (Å²) in [6.45, 7) is 4.02. The van der Waals surface area contributed by atoms with Gasteiger partial charge in [-0.2, -0.15) is 0 Å². The zero-order valence-electron chi connectivity index (χ0n) is 31.6. The van der Waals surface area contributed by atoms with Gasteiger partial charge in [0.2, 0.25) is 0 Å². The lowest BCUT2D eigenvalue weighted by Crippen LogP contribution is -1.94. The van der Waals surface area contributed by atoms with Gasteiger partial charge in [-0.15, -0.1) is 0 Å². The van der Waals surface area contributed by atoms with Crippen molar-refractivity contribution >= 4 is 45.9 Å². The van der Waals surface area contributed by atoms with Crippen LogP contribution in [0.1, 0.15) is 39.5 Å². The first-order valence-electron chi connectivity index (χ1n) is 19.2. The number of phenols is 1. The molecule has 0 spiro atoms. The second-order valence-corrected chi connectivity index (χ2v) is 14.6. The summed E-state index contributed by atoms with van der Waals surface area (Å²) < 4.78 is 0. The number of aryl methyl sites for hydroxylation is 2. The van der Waals surface area contributed by atoms with E-state index in [9.17, 15) is 5.11 Å². The number of benzene rings is 5. The van der Waals surface area contributed by atoms with Crippen molar-refractivity contribution < 1.29 is 5.11 Å². The average Bonchev–Trinajstić information content (AvgIpc) is 4.08. The molecule has 57 heavy (non-hydrogen) atoms. The molecule has 0 unspecified atom stereocenters. The van der Waals surface area contributed by atoms with Gasteiger partial charge in [0.25, 0.3) is 0 Å². The largest absolute Gasteiger partial charge is 0.507 e. The number of hydrogen-bond acceptors (Lipinski definition) is 3. The molecule has 5 heteroatoms. The van der Waals surface area contributed by atoms with Crippen LogP contribution in [0.4, 0.5) is 0 Å². The van der Waals surface area contributed by atoms with Crippen LogP contribution < -0.4 is 0 Å². The first kappa shape index (κ1) is 34.0. The Hall–Kier alpha value is -7.50. The van der Waals surface area contributed by atoms with E-state index >= 15 is 0 Å². The number of rotatable bonds is 5. The first-order valence-corrected chi connectivity index (χ1v) is 19.2. The van der Waals surface area contributed by atoms with Gasteiger partial charge in [0.05, 0.1) is 22.8 Å². The summed E-state index contributed by atoms with van der Waals surface area (Å²) in [6, 6.07) is 54.4. The van der Waals surface area contributed by atoms with Crippen LogP contribution in [0.5, 0.6) is 5.75 Å². The van der Waals surface area contributed by atoms with E-state index in [0.29, 0.717) is 0 Å². The summed E-state index contributed by atoms with van der Waals surface area (Å²) in [7, 11) is 0. The average molecular weight is 735 g/mol. The molecule has 5 heterocycles. The molecule has 0 saturated heterocycles. The number of fused-ring (bicyclic) bond motifs is 8. The third-order valence-electron chi connectivity index (χ3n) is 10.8. The number of aromatic nitrogens is 4. The van der Waals surface area contributed by atoms with Crippen molar-refractivity contribution in [2.45, 2.75) is 13.8 Å². The van der Waals surface area contributed by atoms with Crippen LogP contribution in [0, 0.1) is 13.8 Å². The number of aromatic hydroxyl groups is 1. The fourth-order valence-electron chi connectivity index (χ4n) is 8.28. The van der Waals surface area contributed by atoms with E-state index in [-0.39, 0.29) is 5.75 Å². The molecule has 0 fully saturated rings. The summed E-state index contributed by atoms with van der Waals surface area (Å²) >= 11 is 0. The third kappa shape index (κ3) is 6.06. The molecule has 2 aliphatic rings. The number of hydrogen-bond donors (Lipinski definition) is 3. The standard InChI is InChI=1S/C52H38N4O/c1-32-29-33(2)52(57)39(30-32)38-31-46-49(36-19-11-5-12-20-36)44-26-25-42(54-44)47(34-15-7-3-8-16-34)40-23-24-41(53-40)48(35-17-9-4-10-18-35)43-27-28-45(55-43)50(51(38)56-46)37-21-13-6-14-22-37/h3-31,54-55,57H,1-2H3. The van der Waals surface area contributed by atoms with Crippen molar-refractivity contribution in [1.29, 1.82) is 0 Å². The lowest BCUT2D eigenvalue weighted by Gasteiger charge is -2.13. The second-order valence-electron chi connectivity index (χ2n) is 14.6. The van der Waals surface area contributed by atoms with Gasteiger partial charge in [0.15, 0.2) is 0 Å². The molecule has 272 valence electrons. The van der Waals surface area contributed by atoms with Crippen LogP contribution >= 0.6 is 0 Å². The van der Waals surface area contributed by atoms with Crippen LogP contribution in [-0.2, 0) is 0 Å². The van der Waals surface area contributed by atoms with Crippen molar-refractivity contribution in [3.63, 3.8) is 0 Å². The Balaban J connectivity index is 1.45. The predicted molar refractivity (Wildman–Crippen MR) is 236 cm³/mol. The zero-order chi connectivity index (χ0) is 38.5. The fraction of sp³-hybridized carbons (Fsp3) is 0.0385. The molecule has 0 atom stereocenters. The maximum atomic E-state index is 11.8. The Morgan fingerprint density at radius 1 is 0.439 bits per heavy atom. The smallest absolute Gasteiger partial charge is 0.126 e. The normalized spacial score (nSPS) is 12.1. The highest BCUT2D eigenvalue weighted by Crippen LogP contribution is 2.44.